The van der Waals surface area contributed by atoms with Gasteiger partial charge in [-0.05, 0) is 80.8 Å². The molecule has 1 amide bonds. The van der Waals surface area contributed by atoms with E-state index in [1.54, 1.807) is 19.2 Å². The van der Waals surface area contributed by atoms with Crippen molar-refractivity contribution >= 4 is 5.91 Å². The summed E-state index contributed by atoms with van der Waals surface area (Å²) in [6.45, 7) is 6.16. The highest BCUT2D eigenvalue weighted by atomic mass is 19.3. The SMILES string of the molecule is CC(=O)N1CCc2c(c(C3CCCc4cc(-c5cnn(C6CCNCC6)c5)c(C(F)F)cc43)nn2C2CCOCC2)C1. The number of rotatable bonds is 5. The summed E-state index contributed by atoms with van der Waals surface area (Å²) in [6, 6.07) is 4.32. The van der Waals surface area contributed by atoms with Crippen LogP contribution in [0.15, 0.2) is 24.5 Å². The Balaban J connectivity index is 1.29. The van der Waals surface area contributed by atoms with Crippen molar-refractivity contribution in [2.24, 2.45) is 0 Å². The third-order valence-corrected chi connectivity index (χ3v) is 9.89. The number of halogens is 2. The van der Waals surface area contributed by atoms with E-state index < -0.39 is 6.43 Å². The van der Waals surface area contributed by atoms with Gasteiger partial charge in [-0.25, -0.2) is 8.78 Å². The van der Waals surface area contributed by atoms with Gasteiger partial charge in [0.05, 0.1) is 24.0 Å². The Morgan fingerprint density at radius 3 is 2.64 bits per heavy atom. The van der Waals surface area contributed by atoms with Gasteiger partial charge in [0.15, 0.2) is 0 Å². The first-order chi connectivity index (χ1) is 20.5. The Hall–Kier alpha value is -3.11. The molecular weight excluding hydrogens is 538 g/mol. The Labute approximate surface area is 245 Å². The molecule has 0 spiro atoms. The van der Waals surface area contributed by atoms with Gasteiger partial charge in [-0.15, -0.1) is 0 Å². The molecule has 10 heteroatoms. The van der Waals surface area contributed by atoms with E-state index in [1.807, 2.05) is 21.8 Å². The zero-order valence-corrected chi connectivity index (χ0v) is 24.3. The van der Waals surface area contributed by atoms with Crippen LogP contribution >= 0.6 is 0 Å². The van der Waals surface area contributed by atoms with Gasteiger partial charge >= 0.3 is 0 Å². The average molecular weight is 579 g/mol. The fourth-order valence-electron chi connectivity index (χ4n) is 7.59. The number of aryl methyl sites for hydroxylation is 1. The lowest BCUT2D eigenvalue weighted by atomic mass is 9.77. The molecule has 1 aromatic carbocycles. The van der Waals surface area contributed by atoms with E-state index in [0.29, 0.717) is 24.7 Å². The van der Waals surface area contributed by atoms with E-state index in [9.17, 15) is 13.6 Å². The van der Waals surface area contributed by atoms with Gasteiger partial charge in [0.1, 0.15) is 0 Å². The van der Waals surface area contributed by atoms with Crippen LogP contribution in [0.3, 0.4) is 0 Å². The first-order valence-corrected chi connectivity index (χ1v) is 15.6. The quantitative estimate of drug-likeness (QED) is 0.443. The number of amides is 1. The molecule has 4 aliphatic rings. The highest BCUT2D eigenvalue weighted by Gasteiger charge is 2.35. The highest BCUT2D eigenvalue weighted by Crippen LogP contribution is 2.44. The van der Waals surface area contributed by atoms with Crippen molar-refractivity contribution in [1.29, 1.82) is 0 Å². The first kappa shape index (κ1) is 27.7. The smallest absolute Gasteiger partial charge is 0.264 e. The highest BCUT2D eigenvalue weighted by molar-refractivity contribution is 5.74. The number of ether oxygens (including phenoxy) is 1. The van der Waals surface area contributed by atoms with E-state index in [0.717, 1.165) is 106 Å². The number of aromatic nitrogens is 4. The van der Waals surface area contributed by atoms with Crippen molar-refractivity contribution in [3.63, 3.8) is 0 Å². The Morgan fingerprint density at radius 2 is 1.88 bits per heavy atom. The van der Waals surface area contributed by atoms with Gasteiger partial charge in [0, 0.05) is 74.1 Å². The van der Waals surface area contributed by atoms with E-state index >= 15 is 0 Å². The Kier molecular flexibility index (Phi) is 7.60. The van der Waals surface area contributed by atoms with Crippen LogP contribution < -0.4 is 5.32 Å². The molecule has 0 saturated carbocycles. The predicted octanol–water partition coefficient (Wildman–Crippen LogP) is 5.33. The number of carbonyl (C=O) groups is 1. The summed E-state index contributed by atoms with van der Waals surface area (Å²) in [4.78, 5) is 14.3. The van der Waals surface area contributed by atoms with Crippen molar-refractivity contribution in [2.75, 3.05) is 32.8 Å². The Bertz CT molecular complexity index is 1450. The summed E-state index contributed by atoms with van der Waals surface area (Å²) in [5.74, 6) is -0.0105. The van der Waals surface area contributed by atoms with Crippen molar-refractivity contribution in [3.05, 3.63) is 58.2 Å². The standard InChI is InChI=1S/C32H40F2N6O2/c1-20(41)38-12-7-30-29(19-38)31(37-40(30)24-8-13-42-14-9-24)25-4-2-3-21-15-26(28(32(33)34)16-27(21)25)22-17-36-39(18-22)23-5-10-35-11-6-23/h15-18,23-25,32,35H,2-14,19H2,1H3. The molecule has 0 radical (unpaired) electrons. The lowest BCUT2D eigenvalue weighted by molar-refractivity contribution is -0.129. The minimum atomic E-state index is -2.60. The van der Waals surface area contributed by atoms with Crippen LogP contribution in [0.1, 0.15) is 104 Å². The number of hydrogen-bond acceptors (Lipinski definition) is 5. The molecule has 3 aliphatic heterocycles. The average Bonchev–Trinajstić information content (AvgIpc) is 3.66. The van der Waals surface area contributed by atoms with Crippen molar-refractivity contribution in [3.8, 4) is 11.1 Å². The van der Waals surface area contributed by atoms with Crippen LogP contribution in [0, 0.1) is 0 Å². The molecule has 5 heterocycles. The summed E-state index contributed by atoms with van der Waals surface area (Å²) in [6.07, 6.45) is 8.34. The van der Waals surface area contributed by atoms with Crippen LogP contribution in [-0.2, 0) is 28.9 Å². The lowest BCUT2D eigenvalue weighted by Crippen LogP contribution is -2.35. The second kappa shape index (κ2) is 11.5. The van der Waals surface area contributed by atoms with Gasteiger partial charge in [-0.3, -0.25) is 14.2 Å². The number of fused-ring (bicyclic) bond motifs is 2. The summed E-state index contributed by atoms with van der Waals surface area (Å²) < 4.78 is 39.2. The zero-order valence-electron chi connectivity index (χ0n) is 24.3. The fraction of sp³-hybridized carbons (Fsp3) is 0.594. The zero-order chi connectivity index (χ0) is 28.8. The number of carbonyl (C=O) groups excluding carboxylic acids is 1. The number of nitrogens with one attached hydrogen (secondary N) is 1. The third kappa shape index (κ3) is 5.06. The number of benzene rings is 1. The number of hydrogen-bond donors (Lipinski definition) is 1. The van der Waals surface area contributed by atoms with Crippen LogP contribution in [0.2, 0.25) is 0 Å². The Morgan fingerprint density at radius 1 is 1.07 bits per heavy atom. The fourth-order valence-corrected chi connectivity index (χ4v) is 7.59. The summed E-state index contributed by atoms with van der Waals surface area (Å²) in [5, 5.41) is 13.2. The second-order valence-corrected chi connectivity index (χ2v) is 12.4. The predicted molar refractivity (Wildman–Crippen MR) is 155 cm³/mol. The molecule has 2 aromatic heterocycles. The monoisotopic (exact) mass is 578 g/mol. The molecular formula is C32H40F2N6O2. The van der Waals surface area contributed by atoms with Crippen LogP contribution in [-0.4, -0.2) is 63.2 Å². The van der Waals surface area contributed by atoms with Gasteiger partial charge < -0.3 is 15.0 Å². The summed E-state index contributed by atoms with van der Waals surface area (Å²) in [7, 11) is 0. The van der Waals surface area contributed by atoms with Gasteiger partial charge in [-0.2, -0.15) is 10.2 Å². The van der Waals surface area contributed by atoms with E-state index in [-0.39, 0.29) is 23.4 Å². The van der Waals surface area contributed by atoms with Crippen molar-refractivity contribution in [1.82, 2.24) is 29.8 Å². The van der Waals surface area contributed by atoms with E-state index in [4.69, 9.17) is 9.84 Å². The number of piperidine rings is 1. The first-order valence-electron chi connectivity index (χ1n) is 15.6. The lowest BCUT2D eigenvalue weighted by Gasteiger charge is -2.30. The molecule has 8 nitrogen and oxygen atoms in total. The molecule has 1 N–H and O–H groups in total. The number of alkyl halides is 2. The molecule has 1 aliphatic carbocycles. The van der Waals surface area contributed by atoms with Gasteiger partial charge in [0.25, 0.3) is 6.43 Å². The van der Waals surface area contributed by atoms with Crippen molar-refractivity contribution < 1.29 is 18.3 Å². The molecule has 3 aromatic rings. The maximum atomic E-state index is 14.7. The van der Waals surface area contributed by atoms with Crippen molar-refractivity contribution in [2.45, 2.75) is 89.3 Å². The molecule has 1 unspecified atom stereocenters. The van der Waals surface area contributed by atoms with Gasteiger partial charge in [0.2, 0.25) is 5.91 Å². The molecule has 1 atom stereocenters. The van der Waals surface area contributed by atoms with Crippen LogP contribution in [0.5, 0.6) is 0 Å². The second-order valence-electron chi connectivity index (χ2n) is 12.4. The minimum absolute atomic E-state index is 0.0594. The van der Waals surface area contributed by atoms with Crippen LogP contribution in [0.25, 0.3) is 11.1 Å². The largest absolute Gasteiger partial charge is 0.381 e. The van der Waals surface area contributed by atoms with Crippen LogP contribution in [0.4, 0.5) is 8.78 Å². The normalized spacial score (nSPS) is 21.9. The van der Waals surface area contributed by atoms with E-state index in [2.05, 4.69) is 15.1 Å². The molecule has 2 fully saturated rings. The molecule has 0 bridgehead atoms. The summed E-state index contributed by atoms with van der Waals surface area (Å²) in [5.41, 5.74) is 6.78. The molecule has 224 valence electrons. The maximum Gasteiger partial charge on any atom is 0.264 e. The number of nitrogens with zero attached hydrogens (tertiary/aromatic N) is 5. The molecule has 7 rings (SSSR count). The molecule has 42 heavy (non-hydrogen) atoms. The van der Waals surface area contributed by atoms with E-state index in [1.165, 1.54) is 5.69 Å². The molecule has 2 saturated heterocycles. The summed E-state index contributed by atoms with van der Waals surface area (Å²) >= 11 is 0. The van der Waals surface area contributed by atoms with Gasteiger partial charge in [-0.1, -0.05) is 6.07 Å². The maximum absolute atomic E-state index is 14.7. The third-order valence-electron chi connectivity index (χ3n) is 9.89. The minimum Gasteiger partial charge on any atom is -0.381 e. The topological polar surface area (TPSA) is 77.2 Å².